The second kappa shape index (κ2) is 8.82. The van der Waals surface area contributed by atoms with E-state index < -0.39 is 0 Å². The lowest BCUT2D eigenvalue weighted by Crippen LogP contribution is -1.86. The smallest absolute Gasteiger partial charge is 0.270 e. The molecule has 0 saturated carbocycles. The summed E-state index contributed by atoms with van der Waals surface area (Å²) in [5, 5.41) is 12.7. The van der Waals surface area contributed by atoms with Gasteiger partial charge in [-0.25, -0.2) is 0 Å². The quantitative estimate of drug-likeness (QED) is 0.204. The van der Waals surface area contributed by atoms with Crippen LogP contribution in [0.2, 0.25) is 0 Å². The van der Waals surface area contributed by atoms with Crippen molar-refractivity contribution in [3.05, 3.63) is 70.0 Å². The van der Waals surface area contributed by atoms with Crippen LogP contribution in [0, 0.1) is 10.1 Å². The van der Waals surface area contributed by atoms with Gasteiger partial charge >= 0.3 is 0 Å². The third-order valence-electron chi connectivity index (χ3n) is 4.75. The van der Waals surface area contributed by atoms with E-state index in [0.29, 0.717) is 11.8 Å². The molecule has 0 atom stereocenters. The summed E-state index contributed by atoms with van der Waals surface area (Å²) in [5.74, 6) is 0.935. The Morgan fingerprint density at radius 2 is 1.31 bits per heavy atom. The molecule has 2 aromatic heterocycles. The van der Waals surface area contributed by atoms with Crippen molar-refractivity contribution in [1.29, 1.82) is 0 Å². The standard InChI is InChI=1S/C11H12N2O2.C11H14N2.CH4/c1-7(2)11-6-8-5-9(13(14)15)3-4-10(8)12-11;1-7(2)11-6-8-5-9(12)3-4-10(8)13-11;/h3-7,12H,1-2H3;3-7,13H,12H2,1-2H3;1H4. The predicted octanol–water partition coefficient (Wildman–Crippen LogP) is 6.71. The van der Waals surface area contributed by atoms with Gasteiger partial charge in [0, 0.05) is 51.0 Å². The van der Waals surface area contributed by atoms with E-state index in [1.807, 2.05) is 24.3 Å². The molecule has 0 radical (unpaired) electrons. The normalized spacial score (nSPS) is 10.8. The van der Waals surface area contributed by atoms with Crippen molar-refractivity contribution in [2.24, 2.45) is 0 Å². The maximum absolute atomic E-state index is 10.6. The zero-order valence-corrected chi connectivity index (χ0v) is 16.6. The molecule has 0 unspecified atom stereocenters. The number of H-pyrrole nitrogens is 2. The van der Waals surface area contributed by atoms with Crippen LogP contribution in [0.15, 0.2) is 48.5 Å². The monoisotopic (exact) mass is 394 g/mol. The number of nitrogens with one attached hydrogen (secondary N) is 2. The maximum Gasteiger partial charge on any atom is 0.270 e. The number of non-ortho nitro benzene ring substituents is 1. The van der Waals surface area contributed by atoms with Gasteiger partial charge in [0.15, 0.2) is 0 Å². The summed E-state index contributed by atoms with van der Waals surface area (Å²) in [4.78, 5) is 16.8. The van der Waals surface area contributed by atoms with Crippen LogP contribution in [0.25, 0.3) is 21.8 Å². The van der Waals surface area contributed by atoms with Gasteiger partial charge in [-0.15, -0.1) is 0 Å². The maximum atomic E-state index is 10.6. The molecule has 4 rings (SSSR count). The van der Waals surface area contributed by atoms with Gasteiger partial charge in [-0.2, -0.15) is 0 Å². The number of nitrogen functional groups attached to an aromatic ring is 1. The highest BCUT2D eigenvalue weighted by molar-refractivity contribution is 5.84. The first-order chi connectivity index (χ1) is 13.2. The first-order valence-electron chi connectivity index (χ1n) is 9.39. The van der Waals surface area contributed by atoms with E-state index in [0.717, 1.165) is 27.8 Å². The van der Waals surface area contributed by atoms with Crippen molar-refractivity contribution in [2.75, 3.05) is 5.73 Å². The Hall–Kier alpha value is -3.28. The third-order valence-corrected chi connectivity index (χ3v) is 4.75. The molecule has 0 aliphatic rings. The van der Waals surface area contributed by atoms with Crippen molar-refractivity contribution in [2.45, 2.75) is 47.0 Å². The number of hydrogen-bond donors (Lipinski definition) is 3. The number of hydrogen-bond acceptors (Lipinski definition) is 3. The molecule has 6 heteroatoms. The summed E-state index contributed by atoms with van der Waals surface area (Å²) in [5.41, 5.74) is 11.1. The van der Waals surface area contributed by atoms with Crippen LogP contribution in [-0.2, 0) is 0 Å². The van der Waals surface area contributed by atoms with Crippen LogP contribution in [-0.4, -0.2) is 14.9 Å². The predicted molar refractivity (Wildman–Crippen MR) is 123 cm³/mol. The van der Waals surface area contributed by atoms with Gasteiger partial charge in [0.05, 0.1) is 4.92 Å². The molecule has 2 aromatic carbocycles. The van der Waals surface area contributed by atoms with Gasteiger partial charge in [0.25, 0.3) is 5.69 Å². The molecule has 0 saturated heterocycles. The Balaban J connectivity index is 0.000000202. The van der Waals surface area contributed by atoms with Crippen molar-refractivity contribution < 1.29 is 4.92 Å². The highest BCUT2D eigenvalue weighted by Crippen LogP contribution is 2.25. The Morgan fingerprint density at radius 1 is 0.828 bits per heavy atom. The second-order valence-corrected chi connectivity index (χ2v) is 7.63. The van der Waals surface area contributed by atoms with E-state index in [-0.39, 0.29) is 18.0 Å². The molecule has 2 heterocycles. The number of fused-ring (bicyclic) bond motifs is 2. The Labute approximate surface area is 171 Å². The van der Waals surface area contributed by atoms with E-state index in [9.17, 15) is 10.1 Å². The average molecular weight is 395 g/mol. The number of rotatable bonds is 3. The molecule has 0 aliphatic carbocycles. The fraction of sp³-hybridized carbons (Fsp3) is 0.304. The van der Waals surface area contributed by atoms with E-state index in [1.54, 1.807) is 12.1 Å². The van der Waals surface area contributed by atoms with Crippen molar-refractivity contribution in [1.82, 2.24) is 9.97 Å². The van der Waals surface area contributed by atoms with Crippen LogP contribution < -0.4 is 5.73 Å². The lowest BCUT2D eigenvalue weighted by molar-refractivity contribution is -0.384. The minimum absolute atomic E-state index is 0. The molecule has 0 spiro atoms. The zero-order chi connectivity index (χ0) is 20.4. The Kier molecular flexibility index (Phi) is 6.69. The number of nitro groups is 1. The Morgan fingerprint density at radius 3 is 1.79 bits per heavy atom. The third kappa shape index (κ3) is 4.96. The highest BCUT2D eigenvalue weighted by atomic mass is 16.6. The first kappa shape index (κ1) is 22.0. The number of nitro benzene ring substituents is 1. The second-order valence-electron chi connectivity index (χ2n) is 7.63. The first-order valence-corrected chi connectivity index (χ1v) is 9.39. The number of anilines is 1. The van der Waals surface area contributed by atoms with Gasteiger partial charge in [0.1, 0.15) is 0 Å². The molecule has 154 valence electrons. The summed E-state index contributed by atoms with van der Waals surface area (Å²) in [6.07, 6.45) is 0. The van der Waals surface area contributed by atoms with E-state index >= 15 is 0 Å². The molecule has 29 heavy (non-hydrogen) atoms. The summed E-state index contributed by atoms with van der Waals surface area (Å²) in [6, 6.07) is 14.9. The number of nitrogens with two attached hydrogens (primary N) is 1. The molecule has 4 N–H and O–H groups in total. The van der Waals surface area contributed by atoms with E-state index in [4.69, 9.17) is 5.73 Å². The van der Waals surface area contributed by atoms with Crippen LogP contribution in [0.5, 0.6) is 0 Å². The minimum atomic E-state index is -0.374. The fourth-order valence-corrected chi connectivity index (χ4v) is 3.05. The van der Waals surface area contributed by atoms with Gasteiger partial charge in [-0.05, 0) is 48.2 Å². The van der Waals surface area contributed by atoms with E-state index in [1.165, 1.54) is 17.1 Å². The van der Waals surface area contributed by atoms with Crippen molar-refractivity contribution in [3.63, 3.8) is 0 Å². The van der Waals surface area contributed by atoms with Crippen molar-refractivity contribution >= 4 is 33.2 Å². The zero-order valence-electron chi connectivity index (χ0n) is 16.6. The lowest BCUT2D eigenvalue weighted by atomic mass is 10.1. The summed E-state index contributed by atoms with van der Waals surface area (Å²) in [7, 11) is 0. The summed E-state index contributed by atoms with van der Waals surface area (Å²) < 4.78 is 0. The molecule has 0 fully saturated rings. The number of aromatic nitrogens is 2. The molecule has 0 aliphatic heterocycles. The summed E-state index contributed by atoms with van der Waals surface area (Å²) >= 11 is 0. The largest absolute Gasteiger partial charge is 0.399 e. The van der Waals surface area contributed by atoms with Crippen LogP contribution in [0.3, 0.4) is 0 Å². The summed E-state index contributed by atoms with van der Waals surface area (Å²) in [6.45, 7) is 8.51. The molecular weight excluding hydrogens is 364 g/mol. The van der Waals surface area contributed by atoms with Crippen LogP contribution in [0.4, 0.5) is 11.4 Å². The lowest BCUT2D eigenvalue weighted by Gasteiger charge is -1.97. The average Bonchev–Trinajstić information content (AvgIpc) is 3.25. The number of benzene rings is 2. The molecule has 4 aromatic rings. The SMILES string of the molecule is C.CC(C)c1cc2cc(N)ccc2[nH]1.CC(C)c1cc2cc([N+](=O)[O-])ccc2[nH]1. The van der Waals surface area contributed by atoms with Gasteiger partial charge in [-0.1, -0.05) is 35.1 Å². The number of nitrogens with zero attached hydrogens (tertiary/aromatic N) is 1. The van der Waals surface area contributed by atoms with E-state index in [2.05, 4.69) is 43.7 Å². The highest BCUT2D eigenvalue weighted by Gasteiger charge is 2.09. The number of aromatic amines is 2. The molecule has 0 bridgehead atoms. The fourth-order valence-electron chi connectivity index (χ4n) is 3.05. The Bertz CT molecular complexity index is 1120. The molecule has 6 nitrogen and oxygen atoms in total. The van der Waals surface area contributed by atoms with Crippen molar-refractivity contribution in [3.8, 4) is 0 Å². The molecule has 0 amide bonds. The minimum Gasteiger partial charge on any atom is -0.399 e. The van der Waals surface area contributed by atoms with Gasteiger partial charge < -0.3 is 15.7 Å². The van der Waals surface area contributed by atoms with Crippen LogP contribution >= 0.6 is 0 Å². The molecular formula is C23H30N4O2. The van der Waals surface area contributed by atoms with Gasteiger partial charge in [-0.3, -0.25) is 10.1 Å². The topological polar surface area (TPSA) is 101 Å². The van der Waals surface area contributed by atoms with Gasteiger partial charge in [0.2, 0.25) is 0 Å². The van der Waals surface area contributed by atoms with Crippen LogP contribution in [0.1, 0.15) is 58.3 Å².